The molecule has 0 fully saturated rings. The van der Waals surface area contributed by atoms with Gasteiger partial charge in [-0.2, -0.15) is 0 Å². The van der Waals surface area contributed by atoms with E-state index in [4.69, 9.17) is 4.74 Å². The van der Waals surface area contributed by atoms with Gasteiger partial charge in [0.05, 0.1) is 16.1 Å². The Balaban J connectivity index is 2.80. The number of ketones is 1. The maximum Gasteiger partial charge on any atom is 0.163 e. The molecule has 112 valence electrons. The Bertz CT molecular complexity index is 600. The zero-order valence-electron chi connectivity index (χ0n) is 12.1. The molecule has 0 aliphatic carbocycles. The SMILES string of the molecule is CC(=O)c1cc(F)ccc1OCCS(=O)(=O)C(C)(C)C. The van der Waals surface area contributed by atoms with Gasteiger partial charge in [0.15, 0.2) is 15.6 Å². The molecule has 1 aromatic carbocycles. The van der Waals surface area contributed by atoms with E-state index < -0.39 is 20.4 Å². The van der Waals surface area contributed by atoms with E-state index in [0.717, 1.165) is 6.07 Å². The first kappa shape index (κ1) is 16.6. The molecule has 0 spiro atoms. The number of Topliss-reactive ketones (excluding diaryl/α,β-unsaturated/α-hetero) is 1. The third-order valence-electron chi connectivity index (χ3n) is 2.86. The first-order chi connectivity index (χ1) is 9.04. The van der Waals surface area contributed by atoms with Crippen molar-refractivity contribution in [1.82, 2.24) is 0 Å². The van der Waals surface area contributed by atoms with Gasteiger partial charge in [0.2, 0.25) is 0 Å². The number of halogens is 1. The summed E-state index contributed by atoms with van der Waals surface area (Å²) in [5, 5.41) is 0. The molecule has 0 aliphatic heterocycles. The van der Waals surface area contributed by atoms with Crippen LogP contribution in [0.3, 0.4) is 0 Å². The maximum atomic E-state index is 13.1. The second-order valence-corrected chi connectivity index (χ2v) is 8.34. The second kappa shape index (κ2) is 5.91. The summed E-state index contributed by atoms with van der Waals surface area (Å²) < 4.78 is 41.3. The average molecular weight is 302 g/mol. The molecule has 0 saturated carbocycles. The highest BCUT2D eigenvalue weighted by atomic mass is 32.2. The zero-order chi connectivity index (χ0) is 15.6. The first-order valence-corrected chi connectivity index (χ1v) is 7.85. The highest BCUT2D eigenvalue weighted by molar-refractivity contribution is 7.92. The van der Waals surface area contributed by atoms with Crippen LogP contribution in [-0.2, 0) is 9.84 Å². The molecule has 0 aromatic heterocycles. The Labute approximate surface area is 118 Å². The van der Waals surface area contributed by atoms with E-state index in [1.54, 1.807) is 20.8 Å². The zero-order valence-corrected chi connectivity index (χ0v) is 12.9. The highest BCUT2D eigenvalue weighted by Crippen LogP contribution is 2.21. The number of ether oxygens (including phenoxy) is 1. The summed E-state index contributed by atoms with van der Waals surface area (Å²) in [6.07, 6.45) is 0. The van der Waals surface area contributed by atoms with Gasteiger partial charge in [-0.1, -0.05) is 0 Å². The van der Waals surface area contributed by atoms with Crippen LogP contribution < -0.4 is 4.74 Å². The van der Waals surface area contributed by atoms with Gasteiger partial charge >= 0.3 is 0 Å². The van der Waals surface area contributed by atoms with Crippen molar-refractivity contribution in [2.75, 3.05) is 12.4 Å². The van der Waals surface area contributed by atoms with Gasteiger partial charge in [-0.05, 0) is 45.9 Å². The Kier molecular flexibility index (Phi) is 4.91. The molecule has 6 heteroatoms. The molecule has 0 aliphatic rings. The van der Waals surface area contributed by atoms with Gasteiger partial charge in [0.1, 0.15) is 18.2 Å². The summed E-state index contributed by atoms with van der Waals surface area (Å²) in [4.78, 5) is 11.4. The van der Waals surface area contributed by atoms with E-state index in [2.05, 4.69) is 0 Å². The van der Waals surface area contributed by atoms with E-state index in [1.807, 2.05) is 0 Å². The Morgan fingerprint density at radius 1 is 1.30 bits per heavy atom. The molecule has 0 amide bonds. The van der Waals surface area contributed by atoms with E-state index in [9.17, 15) is 17.6 Å². The van der Waals surface area contributed by atoms with Crippen LogP contribution in [0.15, 0.2) is 18.2 Å². The summed E-state index contributed by atoms with van der Waals surface area (Å²) in [5.74, 6) is -0.836. The third kappa shape index (κ3) is 4.03. The van der Waals surface area contributed by atoms with E-state index in [1.165, 1.54) is 19.1 Å². The maximum absolute atomic E-state index is 13.1. The third-order valence-corrected chi connectivity index (χ3v) is 5.43. The van der Waals surface area contributed by atoms with Crippen molar-refractivity contribution in [1.29, 1.82) is 0 Å². The predicted octanol–water partition coefficient (Wildman–Crippen LogP) is 2.62. The van der Waals surface area contributed by atoms with Crippen LogP contribution in [0.5, 0.6) is 5.75 Å². The van der Waals surface area contributed by atoms with Gasteiger partial charge in [-0.25, -0.2) is 12.8 Å². The van der Waals surface area contributed by atoms with Crippen molar-refractivity contribution in [3.05, 3.63) is 29.6 Å². The summed E-state index contributed by atoms with van der Waals surface area (Å²) in [6.45, 7) is 6.06. The Morgan fingerprint density at radius 3 is 2.40 bits per heavy atom. The minimum absolute atomic E-state index is 0.0779. The van der Waals surface area contributed by atoms with Crippen molar-refractivity contribution >= 4 is 15.6 Å². The first-order valence-electron chi connectivity index (χ1n) is 6.20. The number of sulfone groups is 1. The lowest BCUT2D eigenvalue weighted by molar-refractivity contribution is 0.101. The summed E-state index contributed by atoms with van der Waals surface area (Å²) in [7, 11) is -3.29. The number of carbonyl (C=O) groups is 1. The summed E-state index contributed by atoms with van der Waals surface area (Å²) in [6, 6.07) is 3.58. The molecular weight excluding hydrogens is 283 g/mol. The van der Waals surface area contributed by atoms with Crippen molar-refractivity contribution in [3.63, 3.8) is 0 Å². The van der Waals surface area contributed by atoms with Gasteiger partial charge < -0.3 is 4.74 Å². The fourth-order valence-electron chi connectivity index (χ4n) is 1.47. The smallest absolute Gasteiger partial charge is 0.163 e. The van der Waals surface area contributed by atoms with Gasteiger partial charge in [-0.3, -0.25) is 4.79 Å². The number of rotatable bonds is 5. The molecule has 0 bridgehead atoms. The van der Waals surface area contributed by atoms with E-state index >= 15 is 0 Å². The van der Waals surface area contributed by atoms with Crippen LogP contribution in [-0.4, -0.2) is 31.3 Å². The number of hydrogen-bond acceptors (Lipinski definition) is 4. The normalized spacial score (nSPS) is 12.2. The van der Waals surface area contributed by atoms with Crippen molar-refractivity contribution in [2.45, 2.75) is 32.4 Å². The fraction of sp³-hybridized carbons (Fsp3) is 0.500. The minimum atomic E-state index is -3.29. The molecule has 0 unspecified atom stereocenters. The lowest BCUT2D eigenvalue weighted by Crippen LogP contribution is -2.32. The van der Waals surface area contributed by atoms with E-state index in [0.29, 0.717) is 0 Å². The summed E-state index contributed by atoms with van der Waals surface area (Å²) >= 11 is 0. The molecule has 20 heavy (non-hydrogen) atoms. The monoisotopic (exact) mass is 302 g/mol. The standard InChI is InChI=1S/C14H19FO4S/c1-10(16)12-9-11(15)5-6-13(12)19-7-8-20(17,18)14(2,3)4/h5-6,9H,7-8H2,1-4H3. The van der Waals surface area contributed by atoms with Crippen LogP contribution in [0.2, 0.25) is 0 Å². The number of benzene rings is 1. The van der Waals surface area contributed by atoms with Crippen molar-refractivity contribution in [2.24, 2.45) is 0 Å². The van der Waals surface area contributed by atoms with Crippen molar-refractivity contribution in [3.8, 4) is 5.75 Å². The van der Waals surface area contributed by atoms with Crippen LogP contribution in [0.1, 0.15) is 38.1 Å². The average Bonchev–Trinajstić information content (AvgIpc) is 2.29. The molecule has 0 atom stereocenters. The minimum Gasteiger partial charge on any atom is -0.492 e. The van der Waals surface area contributed by atoms with Crippen LogP contribution in [0, 0.1) is 5.82 Å². The van der Waals surface area contributed by atoms with Crippen molar-refractivity contribution < 1.29 is 22.3 Å². The van der Waals surface area contributed by atoms with E-state index in [-0.39, 0.29) is 29.5 Å². The largest absolute Gasteiger partial charge is 0.492 e. The number of carbonyl (C=O) groups excluding carboxylic acids is 1. The van der Waals surface area contributed by atoms with Gasteiger partial charge in [-0.15, -0.1) is 0 Å². The molecule has 0 saturated heterocycles. The summed E-state index contributed by atoms with van der Waals surface area (Å²) in [5.41, 5.74) is 0.109. The van der Waals surface area contributed by atoms with Gasteiger partial charge in [0, 0.05) is 0 Å². The molecular formula is C14H19FO4S. The Morgan fingerprint density at radius 2 is 1.90 bits per heavy atom. The predicted molar refractivity (Wildman–Crippen MR) is 75.4 cm³/mol. The molecule has 0 N–H and O–H groups in total. The van der Waals surface area contributed by atoms with Crippen LogP contribution in [0.25, 0.3) is 0 Å². The van der Waals surface area contributed by atoms with Crippen LogP contribution in [0.4, 0.5) is 4.39 Å². The lowest BCUT2D eigenvalue weighted by atomic mass is 10.1. The lowest BCUT2D eigenvalue weighted by Gasteiger charge is -2.19. The van der Waals surface area contributed by atoms with Crippen LogP contribution >= 0.6 is 0 Å². The molecule has 0 heterocycles. The molecule has 4 nitrogen and oxygen atoms in total. The highest BCUT2D eigenvalue weighted by Gasteiger charge is 2.28. The molecule has 0 radical (unpaired) electrons. The number of hydrogen-bond donors (Lipinski definition) is 0. The fourth-order valence-corrected chi connectivity index (χ4v) is 2.39. The molecule has 1 rings (SSSR count). The second-order valence-electron chi connectivity index (χ2n) is 5.48. The Hall–Kier alpha value is -1.43. The topological polar surface area (TPSA) is 60.4 Å². The molecule has 1 aromatic rings. The quantitative estimate of drug-likeness (QED) is 0.784. The van der Waals surface area contributed by atoms with Gasteiger partial charge in [0.25, 0.3) is 0 Å².